The van der Waals surface area contributed by atoms with Crippen molar-refractivity contribution in [2.24, 2.45) is 5.92 Å². The SMILES string of the molecule is CCOc1ccc(Oc2ccc(NC(=O)CN3C(=O)N[C@@]4(CCCC[C@H]4C)C3=O)cc2)cc1. The van der Waals surface area contributed by atoms with Gasteiger partial charge in [-0.05, 0) is 74.2 Å². The largest absolute Gasteiger partial charge is 0.494 e. The zero-order chi connectivity index (χ0) is 23.4. The molecule has 0 aromatic heterocycles. The van der Waals surface area contributed by atoms with Gasteiger partial charge in [-0.2, -0.15) is 0 Å². The summed E-state index contributed by atoms with van der Waals surface area (Å²) in [6.45, 7) is 4.20. The number of anilines is 1. The van der Waals surface area contributed by atoms with Crippen LogP contribution >= 0.6 is 0 Å². The van der Waals surface area contributed by atoms with Gasteiger partial charge in [0, 0.05) is 5.69 Å². The Labute approximate surface area is 193 Å². The van der Waals surface area contributed by atoms with E-state index in [0.29, 0.717) is 30.2 Å². The van der Waals surface area contributed by atoms with Crippen molar-refractivity contribution >= 4 is 23.5 Å². The lowest BCUT2D eigenvalue weighted by atomic mass is 9.73. The van der Waals surface area contributed by atoms with Crippen molar-refractivity contribution < 1.29 is 23.9 Å². The Morgan fingerprint density at radius 3 is 2.33 bits per heavy atom. The average Bonchev–Trinajstić information content (AvgIpc) is 3.03. The summed E-state index contributed by atoms with van der Waals surface area (Å²) in [5, 5.41) is 5.60. The van der Waals surface area contributed by atoms with Crippen LogP contribution in [-0.2, 0) is 9.59 Å². The van der Waals surface area contributed by atoms with Crippen LogP contribution in [0.4, 0.5) is 10.5 Å². The first-order valence-corrected chi connectivity index (χ1v) is 11.4. The minimum absolute atomic E-state index is 0.0543. The third-order valence-electron chi connectivity index (χ3n) is 6.31. The Balaban J connectivity index is 1.33. The standard InChI is InChI=1S/C25H29N3O5/c1-3-32-19-11-13-21(14-12-19)33-20-9-7-18(8-10-20)26-22(29)16-28-23(30)25(27-24(28)31)15-5-4-6-17(25)2/h7-14,17H,3-6,15-16H2,1-2H3,(H,26,29)(H,27,31)/t17-,25-/m1/s1. The quantitative estimate of drug-likeness (QED) is 0.611. The van der Waals surface area contributed by atoms with Gasteiger partial charge in [-0.25, -0.2) is 4.79 Å². The van der Waals surface area contributed by atoms with Gasteiger partial charge in [-0.15, -0.1) is 0 Å². The van der Waals surface area contributed by atoms with E-state index in [1.807, 2.05) is 38.1 Å². The molecule has 174 valence electrons. The number of nitrogens with one attached hydrogen (secondary N) is 2. The fourth-order valence-electron chi connectivity index (χ4n) is 4.50. The highest BCUT2D eigenvalue weighted by Crippen LogP contribution is 2.38. The molecule has 4 amide bonds. The van der Waals surface area contributed by atoms with Crippen LogP contribution in [0.1, 0.15) is 39.5 Å². The summed E-state index contributed by atoms with van der Waals surface area (Å²) in [5.74, 6) is 1.38. The van der Waals surface area contributed by atoms with Crippen molar-refractivity contribution in [2.45, 2.75) is 45.1 Å². The van der Waals surface area contributed by atoms with E-state index in [9.17, 15) is 14.4 Å². The number of urea groups is 1. The number of rotatable bonds is 7. The molecule has 1 saturated carbocycles. The predicted octanol–water partition coefficient (Wildman–Crippen LogP) is 4.32. The second-order valence-corrected chi connectivity index (χ2v) is 8.52. The number of imide groups is 1. The Morgan fingerprint density at radius 2 is 1.70 bits per heavy atom. The van der Waals surface area contributed by atoms with Gasteiger partial charge in [0.1, 0.15) is 29.3 Å². The molecular weight excluding hydrogens is 422 g/mol. The Hall–Kier alpha value is -3.55. The van der Waals surface area contributed by atoms with E-state index in [-0.39, 0.29) is 18.4 Å². The van der Waals surface area contributed by atoms with Crippen LogP contribution in [0.2, 0.25) is 0 Å². The van der Waals surface area contributed by atoms with E-state index in [1.54, 1.807) is 24.3 Å². The highest BCUT2D eigenvalue weighted by molar-refractivity contribution is 6.10. The van der Waals surface area contributed by atoms with Crippen molar-refractivity contribution in [2.75, 3.05) is 18.5 Å². The molecule has 2 N–H and O–H groups in total. The zero-order valence-electron chi connectivity index (χ0n) is 18.9. The molecule has 2 aromatic rings. The van der Waals surface area contributed by atoms with Crippen LogP contribution in [-0.4, -0.2) is 41.4 Å². The summed E-state index contributed by atoms with van der Waals surface area (Å²) >= 11 is 0. The van der Waals surface area contributed by atoms with Gasteiger partial charge in [0.2, 0.25) is 5.91 Å². The topological polar surface area (TPSA) is 97.0 Å². The molecule has 0 radical (unpaired) electrons. The summed E-state index contributed by atoms with van der Waals surface area (Å²) in [5.41, 5.74) is -0.318. The molecule has 2 aromatic carbocycles. The number of ether oxygens (including phenoxy) is 2. The average molecular weight is 452 g/mol. The molecule has 1 spiro atoms. The molecule has 8 nitrogen and oxygen atoms in total. The van der Waals surface area contributed by atoms with Gasteiger partial charge in [-0.3, -0.25) is 14.5 Å². The number of hydrogen-bond donors (Lipinski definition) is 2. The molecule has 0 bridgehead atoms. The lowest BCUT2D eigenvalue weighted by molar-refractivity contribution is -0.136. The van der Waals surface area contributed by atoms with Crippen LogP contribution in [0.3, 0.4) is 0 Å². The van der Waals surface area contributed by atoms with Crippen molar-refractivity contribution in [3.05, 3.63) is 48.5 Å². The lowest BCUT2D eigenvalue weighted by Crippen LogP contribution is -2.54. The summed E-state index contributed by atoms with van der Waals surface area (Å²) in [4.78, 5) is 39.0. The number of nitrogens with zero attached hydrogens (tertiary/aromatic N) is 1. The monoisotopic (exact) mass is 451 g/mol. The summed E-state index contributed by atoms with van der Waals surface area (Å²) in [6, 6.07) is 13.7. The summed E-state index contributed by atoms with van der Waals surface area (Å²) < 4.78 is 11.2. The van der Waals surface area contributed by atoms with Gasteiger partial charge in [0.15, 0.2) is 0 Å². The van der Waals surface area contributed by atoms with Crippen LogP contribution < -0.4 is 20.1 Å². The summed E-state index contributed by atoms with van der Waals surface area (Å²) in [7, 11) is 0. The summed E-state index contributed by atoms with van der Waals surface area (Å²) in [6.07, 6.45) is 3.44. The Kier molecular flexibility index (Phi) is 6.53. The maximum atomic E-state index is 13.0. The van der Waals surface area contributed by atoms with Crippen LogP contribution in [0.15, 0.2) is 48.5 Å². The van der Waals surface area contributed by atoms with Gasteiger partial charge in [-0.1, -0.05) is 19.8 Å². The van der Waals surface area contributed by atoms with Crippen molar-refractivity contribution in [3.63, 3.8) is 0 Å². The number of carbonyl (C=O) groups excluding carboxylic acids is 3. The predicted molar refractivity (Wildman–Crippen MR) is 123 cm³/mol. The molecular formula is C25H29N3O5. The molecule has 1 aliphatic heterocycles. The molecule has 8 heteroatoms. The highest BCUT2D eigenvalue weighted by Gasteiger charge is 2.55. The molecule has 0 unspecified atom stereocenters. The smallest absolute Gasteiger partial charge is 0.325 e. The number of benzene rings is 2. The minimum Gasteiger partial charge on any atom is -0.494 e. The molecule has 1 aliphatic carbocycles. The first-order valence-electron chi connectivity index (χ1n) is 11.4. The molecule has 2 aliphatic rings. The first kappa shape index (κ1) is 22.6. The van der Waals surface area contributed by atoms with Crippen LogP contribution in [0.25, 0.3) is 0 Å². The van der Waals surface area contributed by atoms with Crippen LogP contribution in [0.5, 0.6) is 17.2 Å². The fraction of sp³-hybridized carbons (Fsp3) is 0.400. The van der Waals surface area contributed by atoms with Gasteiger partial charge < -0.3 is 20.1 Å². The number of amides is 4. The van der Waals surface area contributed by atoms with Crippen LogP contribution in [0, 0.1) is 5.92 Å². The second kappa shape index (κ2) is 9.52. The van der Waals surface area contributed by atoms with E-state index < -0.39 is 17.5 Å². The van der Waals surface area contributed by atoms with E-state index >= 15 is 0 Å². The molecule has 1 saturated heterocycles. The third kappa shape index (κ3) is 4.79. The second-order valence-electron chi connectivity index (χ2n) is 8.52. The minimum atomic E-state index is -0.866. The first-order chi connectivity index (χ1) is 15.9. The van der Waals surface area contributed by atoms with E-state index in [2.05, 4.69) is 10.6 Å². The lowest BCUT2D eigenvalue weighted by Gasteiger charge is -2.36. The molecule has 2 fully saturated rings. The van der Waals surface area contributed by atoms with Gasteiger partial charge >= 0.3 is 6.03 Å². The molecule has 1 heterocycles. The van der Waals surface area contributed by atoms with Crippen molar-refractivity contribution in [3.8, 4) is 17.2 Å². The molecule has 2 atom stereocenters. The molecule has 4 rings (SSSR count). The number of carbonyl (C=O) groups is 3. The maximum Gasteiger partial charge on any atom is 0.325 e. The van der Waals surface area contributed by atoms with Crippen molar-refractivity contribution in [1.82, 2.24) is 10.2 Å². The Morgan fingerprint density at radius 1 is 1.06 bits per heavy atom. The van der Waals surface area contributed by atoms with Gasteiger partial charge in [0.05, 0.1) is 6.61 Å². The van der Waals surface area contributed by atoms with Crippen molar-refractivity contribution in [1.29, 1.82) is 0 Å². The maximum absolute atomic E-state index is 13.0. The van der Waals surface area contributed by atoms with Gasteiger partial charge in [0.25, 0.3) is 5.91 Å². The zero-order valence-corrected chi connectivity index (χ0v) is 18.9. The van der Waals surface area contributed by atoms with E-state index in [1.165, 1.54) is 0 Å². The third-order valence-corrected chi connectivity index (χ3v) is 6.31. The molecule has 33 heavy (non-hydrogen) atoms. The highest BCUT2D eigenvalue weighted by atomic mass is 16.5. The number of hydrogen-bond acceptors (Lipinski definition) is 5. The fourth-order valence-corrected chi connectivity index (χ4v) is 4.50. The van der Waals surface area contributed by atoms with E-state index in [0.717, 1.165) is 29.9 Å². The Bertz CT molecular complexity index is 1020. The normalized spacial score (nSPS) is 22.2. The van der Waals surface area contributed by atoms with E-state index in [4.69, 9.17) is 9.47 Å².